The summed E-state index contributed by atoms with van der Waals surface area (Å²) < 4.78 is 13.1. The number of nitrogens with one attached hydrogen (secondary N) is 1. The number of amides is 1. The Bertz CT molecular complexity index is 968. The zero-order chi connectivity index (χ0) is 20.2. The third-order valence-corrected chi connectivity index (χ3v) is 5.78. The lowest BCUT2D eigenvalue weighted by Crippen LogP contribution is -2.42. The minimum Gasteiger partial charge on any atom is -0.345 e. The van der Waals surface area contributed by atoms with Crippen LogP contribution in [0.15, 0.2) is 48.8 Å². The number of H-pyrrole nitrogens is 1. The van der Waals surface area contributed by atoms with Crippen molar-refractivity contribution in [3.8, 4) is 0 Å². The van der Waals surface area contributed by atoms with Crippen molar-refractivity contribution in [3.63, 3.8) is 0 Å². The van der Waals surface area contributed by atoms with Crippen molar-refractivity contribution in [1.29, 1.82) is 0 Å². The van der Waals surface area contributed by atoms with Crippen LogP contribution in [0.25, 0.3) is 11.0 Å². The lowest BCUT2D eigenvalue weighted by molar-refractivity contribution is 0.0730. The number of hydrogen-bond acceptors (Lipinski definition) is 3. The summed E-state index contributed by atoms with van der Waals surface area (Å²) in [5, 5.41) is 0. The predicted octanol–water partition coefficient (Wildman–Crippen LogP) is 3.73. The first kappa shape index (κ1) is 19.6. The monoisotopic (exact) mass is 394 g/mol. The van der Waals surface area contributed by atoms with Gasteiger partial charge in [-0.2, -0.15) is 0 Å². The lowest BCUT2D eigenvalue weighted by atomic mass is 9.96. The maximum atomic E-state index is 13.1. The van der Waals surface area contributed by atoms with E-state index in [1.807, 2.05) is 42.3 Å². The molecule has 6 heteroatoms. The van der Waals surface area contributed by atoms with Gasteiger partial charge in [0.05, 0.1) is 17.4 Å². The Kier molecular flexibility index (Phi) is 5.90. The Hall–Kier alpha value is -2.73. The number of carbonyl (C=O) groups is 1. The van der Waals surface area contributed by atoms with E-state index in [-0.39, 0.29) is 11.7 Å². The van der Waals surface area contributed by atoms with Crippen molar-refractivity contribution in [3.05, 3.63) is 65.7 Å². The van der Waals surface area contributed by atoms with Crippen molar-refractivity contribution in [2.24, 2.45) is 5.92 Å². The Morgan fingerprint density at radius 3 is 2.93 bits per heavy atom. The first-order chi connectivity index (χ1) is 14.1. The number of piperidine rings is 1. The van der Waals surface area contributed by atoms with Crippen LogP contribution in [0.4, 0.5) is 4.39 Å². The molecule has 1 amide bonds. The minimum absolute atomic E-state index is 0.0462. The molecule has 0 aliphatic carbocycles. The summed E-state index contributed by atoms with van der Waals surface area (Å²) in [4.78, 5) is 24.4. The highest BCUT2D eigenvalue weighted by molar-refractivity contribution is 5.97. The molecule has 2 aromatic carbocycles. The third kappa shape index (κ3) is 4.82. The fraction of sp³-hybridized carbons (Fsp3) is 0.391. The Balaban J connectivity index is 1.30. The highest BCUT2D eigenvalue weighted by Crippen LogP contribution is 2.20. The fourth-order valence-corrected chi connectivity index (χ4v) is 4.20. The topological polar surface area (TPSA) is 52.2 Å². The zero-order valence-electron chi connectivity index (χ0n) is 16.8. The van der Waals surface area contributed by atoms with E-state index in [4.69, 9.17) is 0 Å². The van der Waals surface area contributed by atoms with E-state index in [1.54, 1.807) is 6.33 Å². The smallest absolute Gasteiger partial charge is 0.253 e. The maximum Gasteiger partial charge on any atom is 0.253 e. The number of aromatic nitrogens is 2. The van der Waals surface area contributed by atoms with Gasteiger partial charge in [-0.15, -0.1) is 0 Å². The number of halogens is 1. The van der Waals surface area contributed by atoms with Crippen molar-refractivity contribution < 1.29 is 9.18 Å². The molecule has 0 unspecified atom stereocenters. The van der Waals surface area contributed by atoms with E-state index in [0.29, 0.717) is 11.5 Å². The average Bonchev–Trinajstić information content (AvgIpc) is 3.21. The molecule has 152 valence electrons. The van der Waals surface area contributed by atoms with Crippen LogP contribution in [-0.2, 0) is 6.42 Å². The van der Waals surface area contributed by atoms with E-state index in [9.17, 15) is 9.18 Å². The molecule has 0 radical (unpaired) electrons. The largest absolute Gasteiger partial charge is 0.345 e. The number of nitrogens with zero attached hydrogens (tertiary/aromatic N) is 3. The molecule has 1 N–H and O–H groups in total. The van der Waals surface area contributed by atoms with E-state index in [2.05, 4.69) is 14.9 Å². The number of likely N-dealkylation sites (tertiary alicyclic amines) is 1. The van der Waals surface area contributed by atoms with Gasteiger partial charge in [0.15, 0.2) is 0 Å². The molecule has 1 saturated heterocycles. The van der Waals surface area contributed by atoms with E-state index in [1.165, 1.54) is 12.1 Å². The molecule has 0 spiro atoms. The molecule has 29 heavy (non-hydrogen) atoms. The van der Waals surface area contributed by atoms with Crippen LogP contribution in [0, 0.1) is 11.7 Å². The number of hydrogen-bond donors (Lipinski definition) is 1. The number of aromatic amines is 1. The molecular formula is C23H27FN4O. The number of benzene rings is 2. The molecule has 0 saturated carbocycles. The van der Waals surface area contributed by atoms with Crippen LogP contribution < -0.4 is 0 Å². The molecular weight excluding hydrogens is 367 g/mol. The maximum absolute atomic E-state index is 13.1. The van der Waals surface area contributed by atoms with Crippen LogP contribution in [0.1, 0.15) is 28.8 Å². The van der Waals surface area contributed by atoms with Gasteiger partial charge in [0.25, 0.3) is 5.91 Å². The second-order valence-corrected chi connectivity index (χ2v) is 8.01. The molecule has 1 aliphatic heterocycles. The van der Waals surface area contributed by atoms with Gasteiger partial charge in [0.2, 0.25) is 0 Å². The van der Waals surface area contributed by atoms with Gasteiger partial charge in [-0.1, -0.05) is 12.1 Å². The second kappa shape index (κ2) is 8.74. The van der Waals surface area contributed by atoms with Crippen LogP contribution in [-0.4, -0.2) is 58.9 Å². The number of imidazole rings is 1. The summed E-state index contributed by atoms with van der Waals surface area (Å²) in [6.07, 6.45) is 4.86. The van der Waals surface area contributed by atoms with E-state index < -0.39 is 0 Å². The highest BCUT2D eigenvalue weighted by atomic mass is 19.1. The summed E-state index contributed by atoms with van der Waals surface area (Å²) in [7, 11) is 1.89. The number of rotatable bonds is 6. The minimum atomic E-state index is -0.189. The number of carbonyl (C=O) groups excluding carboxylic acids is 1. The molecule has 4 rings (SSSR count). The lowest BCUT2D eigenvalue weighted by Gasteiger charge is -2.34. The highest BCUT2D eigenvalue weighted by Gasteiger charge is 2.23. The van der Waals surface area contributed by atoms with E-state index >= 15 is 0 Å². The van der Waals surface area contributed by atoms with Crippen molar-refractivity contribution in [1.82, 2.24) is 19.8 Å². The van der Waals surface area contributed by atoms with Gasteiger partial charge < -0.3 is 14.8 Å². The quantitative estimate of drug-likeness (QED) is 0.693. The summed E-state index contributed by atoms with van der Waals surface area (Å²) in [5.74, 6) is 0.331. The van der Waals surface area contributed by atoms with E-state index in [0.717, 1.165) is 62.0 Å². The summed E-state index contributed by atoms with van der Waals surface area (Å²) in [5.41, 5.74) is 3.60. The zero-order valence-corrected chi connectivity index (χ0v) is 16.8. The molecule has 0 bridgehead atoms. The van der Waals surface area contributed by atoms with Crippen molar-refractivity contribution in [2.75, 3.05) is 33.2 Å². The van der Waals surface area contributed by atoms with Gasteiger partial charge >= 0.3 is 0 Å². The predicted molar refractivity (Wildman–Crippen MR) is 112 cm³/mol. The normalized spacial score (nSPS) is 17.5. The molecule has 1 atom stereocenters. The molecule has 3 aromatic rings. The fourth-order valence-electron chi connectivity index (χ4n) is 4.20. The SMILES string of the molecule is CN(C[C@H]1CCCN(CCc2ccc(F)cc2)C1)C(=O)c1ccc2nc[nH]c2c1. The van der Waals surface area contributed by atoms with Gasteiger partial charge in [-0.05, 0) is 67.6 Å². The summed E-state index contributed by atoms with van der Waals surface area (Å²) >= 11 is 0. The first-order valence-electron chi connectivity index (χ1n) is 10.2. The summed E-state index contributed by atoms with van der Waals surface area (Å²) in [6, 6.07) is 12.4. The van der Waals surface area contributed by atoms with Crippen LogP contribution in [0.2, 0.25) is 0 Å². The third-order valence-electron chi connectivity index (χ3n) is 5.78. The Labute approximate surface area is 170 Å². The second-order valence-electron chi connectivity index (χ2n) is 8.01. The van der Waals surface area contributed by atoms with Gasteiger partial charge in [-0.3, -0.25) is 4.79 Å². The molecule has 1 fully saturated rings. The van der Waals surface area contributed by atoms with Gasteiger partial charge in [-0.25, -0.2) is 9.37 Å². The van der Waals surface area contributed by atoms with Crippen LogP contribution in [0.5, 0.6) is 0 Å². The van der Waals surface area contributed by atoms with Gasteiger partial charge in [0, 0.05) is 32.2 Å². The molecule has 1 aliphatic rings. The number of fused-ring (bicyclic) bond motifs is 1. The summed E-state index contributed by atoms with van der Waals surface area (Å²) in [6.45, 7) is 3.81. The first-order valence-corrected chi connectivity index (χ1v) is 10.2. The molecule has 2 heterocycles. The Morgan fingerprint density at radius 1 is 1.28 bits per heavy atom. The average molecular weight is 394 g/mol. The molecule has 1 aromatic heterocycles. The van der Waals surface area contributed by atoms with Crippen LogP contribution in [0.3, 0.4) is 0 Å². The van der Waals surface area contributed by atoms with Gasteiger partial charge in [0.1, 0.15) is 5.82 Å². The standard InChI is InChI=1S/C23H27FN4O/c1-27(23(29)19-6-9-21-22(13-19)26-16-25-21)14-18-3-2-11-28(15-18)12-10-17-4-7-20(24)8-5-17/h4-9,13,16,18H,2-3,10-12,14-15H2,1H3,(H,25,26)/t18-/m1/s1. The van der Waals surface area contributed by atoms with Crippen LogP contribution >= 0.6 is 0 Å². The van der Waals surface area contributed by atoms with Crippen molar-refractivity contribution in [2.45, 2.75) is 19.3 Å². The molecule has 5 nitrogen and oxygen atoms in total. The van der Waals surface area contributed by atoms with Crippen molar-refractivity contribution >= 4 is 16.9 Å². The Morgan fingerprint density at radius 2 is 2.10 bits per heavy atom.